The molecule has 0 aliphatic carbocycles. The van der Waals surface area contributed by atoms with E-state index in [-0.39, 0.29) is 0 Å². The molecular formula is C7H15BOP. The smallest absolute Gasteiger partial charge is 0.198 e. The van der Waals surface area contributed by atoms with Gasteiger partial charge in [-0.2, -0.15) is 0 Å². The summed E-state index contributed by atoms with van der Waals surface area (Å²) in [5, 5.41) is 0. The maximum atomic E-state index is 11.5. The normalized spacial score (nSPS) is 48.3. The zero-order valence-corrected chi connectivity index (χ0v) is 7.90. The summed E-state index contributed by atoms with van der Waals surface area (Å²) in [6.45, 7) is 8.38. The lowest BCUT2D eigenvalue weighted by molar-refractivity contribution is 0.447. The van der Waals surface area contributed by atoms with Crippen LogP contribution in [0.5, 0.6) is 0 Å². The fourth-order valence-corrected chi connectivity index (χ4v) is 3.88. The first-order valence-corrected chi connectivity index (χ1v) is 6.33. The molecule has 1 rings (SSSR count). The van der Waals surface area contributed by atoms with Crippen molar-refractivity contribution in [2.24, 2.45) is 11.8 Å². The van der Waals surface area contributed by atoms with Gasteiger partial charge >= 0.3 is 0 Å². The summed E-state index contributed by atoms with van der Waals surface area (Å²) >= 11 is 0. The van der Waals surface area contributed by atoms with Crippen LogP contribution in [0.3, 0.4) is 0 Å². The first-order chi connectivity index (χ1) is 4.51. The molecule has 1 aliphatic rings. The zero-order chi connectivity index (χ0) is 7.78. The summed E-state index contributed by atoms with van der Waals surface area (Å²) in [4.78, 5) is 0. The number of hydrogen-bond donors (Lipinski definition) is 0. The summed E-state index contributed by atoms with van der Waals surface area (Å²) in [5.41, 5.74) is 0. The number of hydrogen-bond acceptors (Lipinski definition) is 1. The van der Waals surface area contributed by atoms with Crippen molar-refractivity contribution in [3.8, 4) is 0 Å². The van der Waals surface area contributed by atoms with E-state index >= 15 is 0 Å². The molecule has 10 heavy (non-hydrogen) atoms. The van der Waals surface area contributed by atoms with E-state index in [1.54, 1.807) is 0 Å². The highest BCUT2D eigenvalue weighted by molar-refractivity contribution is 7.90. The molecule has 0 aromatic carbocycles. The molecule has 0 N–H and O–H groups in total. The molecular weight excluding hydrogens is 142 g/mol. The fraction of sp³-hybridized carbons (Fsp3) is 1.00. The highest BCUT2D eigenvalue weighted by Gasteiger charge is 2.29. The largest absolute Gasteiger partial charge is 0.335 e. The van der Waals surface area contributed by atoms with Gasteiger partial charge in [0.05, 0.1) is 0 Å². The maximum Gasteiger partial charge on any atom is 0.198 e. The van der Waals surface area contributed by atoms with Crippen molar-refractivity contribution >= 4 is 14.0 Å². The van der Waals surface area contributed by atoms with E-state index in [2.05, 4.69) is 13.8 Å². The van der Waals surface area contributed by atoms with Crippen LogP contribution in [0.25, 0.3) is 0 Å². The standard InChI is InChI=1S/C7H15BOP/c1-6-4-8-10(3,9)5-7(6)2/h6-7H,4-5H2,1-3H3. The Morgan fingerprint density at radius 2 is 2.00 bits per heavy atom. The first kappa shape index (κ1) is 8.39. The summed E-state index contributed by atoms with van der Waals surface area (Å²) in [6, 6.07) is 0. The van der Waals surface area contributed by atoms with Gasteiger partial charge < -0.3 is 4.57 Å². The Balaban J connectivity index is 2.57. The summed E-state index contributed by atoms with van der Waals surface area (Å²) < 4.78 is 11.5. The van der Waals surface area contributed by atoms with Gasteiger partial charge in [0.2, 0.25) is 0 Å². The minimum Gasteiger partial charge on any atom is -0.335 e. The number of rotatable bonds is 0. The minimum atomic E-state index is -1.81. The average Bonchev–Trinajstić information content (AvgIpc) is 1.79. The lowest BCUT2D eigenvalue weighted by Crippen LogP contribution is -2.21. The Bertz CT molecular complexity index is 169. The van der Waals surface area contributed by atoms with Gasteiger partial charge in [0.25, 0.3) is 0 Å². The third kappa shape index (κ3) is 1.89. The van der Waals surface area contributed by atoms with E-state index in [1.165, 1.54) is 0 Å². The summed E-state index contributed by atoms with van der Waals surface area (Å²) in [5.74, 6) is 1.39. The van der Waals surface area contributed by atoms with Gasteiger partial charge in [-0.25, -0.2) is 0 Å². The van der Waals surface area contributed by atoms with Gasteiger partial charge in [-0.05, 0) is 24.7 Å². The maximum absolute atomic E-state index is 11.5. The van der Waals surface area contributed by atoms with Crippen LogP contribution < -0.4 is 0 Å². The van der Waals surface area contributed by atoms with Crippen molar-refractivity contribution in [1.29, 1.82) is 0 Å². The van der Waals surface area contributed by atoms with Gasteiger partial charge in [0.15, 0.2) is 7.00 Å². The molecule has 0 aromatic heterocycles. The van der Waals surface area contributed by atoms with Gasteiger partial charge in [-0.1, -0.05) is 20.2 Å². The lowest BCUT2D eigenvalue weighted by Gasteiger charge is -2.29. The van der Waals surface area contributed by atoms with E-state index in [9.17, 15) is 4.57 Å². The SMILES string of the molecule is CC1C[B]P(C)(=O)CC1C. The predicted molar refractivity (Wildman–Crippen MR) is 47.3 cm³/mol. The molecule has 1 aliphatic heterocycles. The van der Waals surface area contributed by atoms with Crippen LogP contribution in [0, 0.1) is 11.8 Å². The highest BCUT2D eigenvalue weighted by Crippen LogP contribution is 2.48. The van der Waals surface area contributed by atoms with Crippen molar-refractivity contribution < 1.29 is 4.57 Å². The molecule has 0 spiro atoms. The van der Waals surface area contributed by atoms with Crippen molar-refractivity contribution in [3.05, 3.63) is 0 Å². The average molecular weight is 157 g/mol. The molecule has 3 heteroatoms. The molecule has 3 unspecified atom stereocenters. The third-order valence-electron chi connectivity index (χ3n) is 2.49. The molecule has 0 aromatic rings. The van der Waals surface area contributed by atoms with Gasteiger partial charge in [0.1, 0.15) is 0 Å². The van der Waals surface area contributed by atoms with Crippen molar-refractivity contribution in [3.63, 3.8) is 0 Å². The molecule has 0 saturated carbocycles. The summed E-state index contributed by atoms with van der Waals surface area (Å²) in [7, 11) is -1.81. The molecule has 1 nitrogen and oxygen atoms in total. The van der Waals surface area contributed by atoms with Crippen LogP contribution in [0.15, 0.2) is 0 Å². The van der Waals surface area contributed by atoms with Gasteiger partial charge in [0, 0.05) is 7.02 Å². The van der Waals surface area contributed by atoms with E-state index in [0.717, 1.165) is 18.4 Å². The van der Waals surface area contributed by atoms with E-state index in [1.807, 2.05) is 13.7 Å². The van der Waals surface area contributed by atoms with E-state index < -0.39 is 7.02 Å². The second-order valence-corrected chi connectivity index (χ2v) is 6.81. The zero-order valence-electron chi connectivity index (χ0n) is 7.00. The van der Waals surface area contributed by atoms with Crippen LogP contribution in [-0.2, 0) is 4.57 Å². The Labute approximate surface area is 64.2 Å². The highest BCUT2D eigenvalue weighted by atomic mass is 31.2. The summed E-state index contributed by atoms with van der Waals surface area (Å²) in [6.07, 6.45) is 1.98. The van der Waals surface area contributed by atoms with Crippen LogP contribution in [0.2, 0.25) is 6.32 Å². The molecule has 57 valence electrons. The van der Waals surface area contributed by atoms with Gasteiger partial charge in [-0.15, -0.1) is 0 Å². The Morgan fingerprint density at radius 3 is 2.40 bits per heavy atom. The minimum absolute atomic E-state index is 0.654. The third-order valence-corrected chi connectivity index (χ3v) is 4.77. The van der Waals surface area contributed by atoms with Crippen LogP contribution in [-0.4, -0.2) is 19.8 Å². The predicted octanol–water partition coefficient (Wildman–Crippen LogP) is 2.30. The molecule has 1 saturated heterocycles. The van der Waals surface area contributed by atoms with E-state index in [0.29, 0.717) is 5.92 Å². The van der Waals surface area contributed by atoms with Crippen molar-refractivity contribution in [1.82, 2.24) is 0 Å². The van der Waals surface area contributed by atoms with Crippen LogP contribution >= 0.6 is 7.02 Å². The van der Waals surface area contributed by atoms with Crippen LogP contribution in [0.4, 0.5) is 0 Å². The first-order valence-electron chi connectivity index (χ1n) is 3.92. The molecule has 0 amide bonds. The molecule has 1 fully saturated rings. The van der Waals surface area contributed by atoms with Crippen molar-refractivity contribution in [2.75, 3.05) is 12.8 Å². The van der Waals surface area contributed by atoms with E-state index in [4.69, 9.17) is 0 Å². The Morgan fingerprint density at radius 1 is 1.40 bits per heavy atom. The lowest BCUT2D eigenvalue weighted by atomic mass is 9.83. The topological polar surface area (TPSA) is 17.1 Å². The molecule has 0 bridgehead atoms. The quantitative estimate of drug-likeness (QED) is 0.389. The fourth-order valence-electron chi connectivity index (χ4n) is 1.45. The Kier molecular flexibility index (Phi) is 2.29. The van der Waals surface area contributed by atoms with Crippen LogP contribution in [0.1, 0.15) is 13.8 Å². The Hall–Kier alpha value is 0.295. The monoisotopic (exact) mass is 157 g/mol. The van der Waals surface area contributed by atoms with Crippen molar-refractivity contribution in [2.45, 2.75) is 20.2 Å². The van der Waals surface area contributed by atoms with Gasteiger partial charge in [-0.3, -0.25) is 0 Å². The molecule has 1 heterocycles. The second-order valence-electron chi connectivity index (χ2n) is 3.73. The molecule has 3 atom stereocenters. The second kappa shape index (κ2) is 2.73. The molecule has 1 radical (unpaired) electrons.